The van der Waals surface area contributed by atoms with E-state index in [1.807, 2.05) is 0 Å². The van der Waals surface area contributed by atoms with Gasteiger partial charge in [-0.25, -0.2) is 0 Å². The minimum Gasteiger partial charge on any atom is -0.285 e. The van der Waals surface area contributed by atoms with Crippen molar-refractivity contribution in [3.05, 3.63) is 0 Å². The van der Waals surface area contributed by atoms with Gasteiger partial charge in [0.2, 0.25) is 0 Å². The Morgan fingerprint density at radius 1 is 1.45 bits per heavy atom. The molecule has 0 saturated heterocycles. The molecule has 3 nitrogen and oxygen atoms in total. The van der Waals surface area contributed by atoms with E-state index in [0.29, 0.717) is 0 Å². The third-order valence-electron chi connectivity index (χ3n) is 1.10. The van der Waals surface area contributed by atoms with E-state index >= 15 is 0 Å². The molecule has 0 bridgehead atoms. The highest BCUT2D eigenvalue weighted by Gasteiger charge is 2.43. The van der Waals surface area contributed by atoms with Crippen LogP contribution >= 0.6 is 33.2 Å². The van der Waals surface area contributed by atoms with Crippen molar-refractivity contribution < 1.29 is 13.0 Å². The van der Waals surface area contributed by atoms with Gasteiger partial charge in [-0.15, -0.1) is 33.2 Å². The molecular formula is C3H7Cl3O3SSi. The lowest BCUT2D eigenvalue weighted by Gasteiger charge is -2.16. The summed E-state index contributed by atoms with van der Waals surface area (Å²) in [5.74, 6) is 0. The lowest BCUT2D eigenvalue weighted by atomic mass is 10.6. The Morgan fingerprint density at radius 2 is 1.82 bits per heavy atom. The zero-order valence-electron chi connectivity index (χ0n) is 5.59. The Bertz CT molecular complexity index is 220. The summed E-state index contributed by atoms with van der Waals surface area (Å²) in [7, 11) is -4.21. The second-order valence-corrected chi connectivity index (χ2v) is 12.9. The van der Waals surface area contributed by atoms with Crippen molar-refractivity contribution in [1.82, 2.24) is 0 Å². The predicted octanol–water partition coefficient (Wildman–Crippen LogP) is 1.85. The topological polar surface area (TPSA) is 54.4 Å². The van der Waals surface area contributed by atoms with Crippen molar-refractivity contribution in [2.45, 2.75) is 18.2 Å². The average Bonchev–Trinajstić information content (AvgIpc) is 1.56. The lowest BCUT2D eigenvalue weighted by molar-refractivity contribution is 0.477. The van der Waals surface area contributed by atoms with Gasteiger partial charge >= 0.3 is 6.00 Å². The average molecular weight is 258 g/mol. The molecule has 0 aromatic heterocycles. The molecule has 0 saturated carbocycles. The molecule has 68 valence electrons. The number of halogens is 3. The molecule has 0 fully saturated rings. The molecule has 1 unspecified atom stereocenters. The maximum absolute atomic E-state index is 10.5. The van der Waals surface area contributed by atoms with Gasteiger partial charge in [-0.05, 0) is 6.42 Å². The zero-order valence-corrected chi connectivity index (χ0v) is 9.67. The second kappa shape index (κ2) is 3.80. The molecule has 0 spiro atoms. The highest BCUT2D eigenvalue weighted by Crippen LogP contribution is 2.30. The Labute approximate surface area is 80.5 Å². The minimum atomic E-state index is -4.21. The standard InChI is InChI=1S/C3H7Cl3O3SSi/c1-2-3(10(7,8)9)11(4,5)6/h3H,2H2,1H3,(H,7,8,9). The second-order valence-electron chi connectivity index (χ2n) is 1.95. The molecule has 1 atom stereocenters. The van der Waals surface area contributed by atoms with Crippen LogP contribution in [0.1, 0.15) is 13.3 Å². The first-order valence-electron chi connectivity index (χ1n) is 2.72. The first-order valence-corrected chi connectivity index (χ1v) is 9.34. The molecule has 0 aliphatic rings. The molecule has 0 aromatic rings. The highest BCUT2D eigenvalue weighted by molar-refractivity contribution is 7.93. The van der Waals surface area contributed by atoms with Gasteiger partial charge < -0.3 is 0 Å². The Hall–Kier alpha value is 0.997. The number of hydrogen-bond donors (Lipinski definition) is 1. The summed E-state index contributed by atoms with van der Waals surface area (Å²) in [6, 6.07) is -3.34. The fourth-order valence-corrected chi connectivity index (χ4v) is 7.27. The molecule has 0 aromatic carbocycles. The minimum absolute atomic E-state index is 0.113. The van der Waals surface area contributed by atoms with E-state index in [9.17, 15) is 8.42 Å². The van der Waals surface area contributed by atoms with Crippen LogP contribution in [0.4, 0.5) is 0 Å². The molecule has 0 heterocycles. The lowest BCUT2D eigenvalue weighted by Crippen LogP contribution is -2.37. The molecule has 11 heavy (non-hydrogen) atoms. The summed E-state index contributed by atoms with van der Waals surface area (Å²) in [6.45, 7) is 1.54. The van der Waals surface area contributed by atoms with Crippen LogP contribution in [0.2, 0.25) is 0 Å². The van der Waals surface area contributed by atoms with Crippen molar-refractivity contribution >= 4 is 49.4 Å². The van der Waals surface area contributed by atoms with Gasteiger partial charge in [0.25, 0.3) is 10.1 Å². The van der Waals surface area contributed by atoms with Gasteiger partial charge in [-0.3, -0.25) is 4.55 Å². The van der Waals surface area contributed by atoms with E-state index in [-0.39, 0.29) is 6.42 Å². The Morgan fingerprint density at radius 3 is 1.82 bits per heavy atom. The zero-order chi connectivity index (χ0) is 9.28. The number of hydrogen-bond acceptors (Lipinski definition) is 2. The monoisotopic (exact) mass is 256 g/mol. The van der Waals surface area contributed by atoms with E-state index in [4.69, 9.17) is 37.8 Å². The van der Waals surface area contributed by atoms with Crippen molar-refractivity contribution in [2.75, 3.05) is 0 Å². The van der Waals surface area contributed by atoms with E-state index in [1.165, 1.54) is 6.92 Å². The van der Waals surface area contributed by atoms with Crippen LogP contribution in [0.15, 0.2) is 0 Å². The van der Waals surface area contributed by atoms with Crippen LogP contribution in [0.5, 0.6) is 0 Å². The van der Waals surface area contributed by atoms with Crippen LogP contribution in [-0.2, 0) is 10.1 Å². The molecule has 8 heteroatoms. The molecule has 0 amide bonds. The Balaban J connectivity index is 4.72. The largest absolute Gasteiger partial charge is 0.360 e. The van der Waals surface area contributed by atoms with E-state index < -0.39 is 21.0 Å². The first-order chi connectivity index (χ1) is 4.69. The SMILES string of the molecule is CCC([Si](Cl)(Cl)Cl)S(=O)(=O)O. The van der Waals surface area contributed by atoms with Crippen LogP contribution in [-0.4, -0.2) is 23.8 Å². The fourth-order valence-electron chi connectivity index (χ4n) is 0.611. The summed E-state index contributed by atoms with van der Waals surface area (Å²) in [5.41, 5.74) is 0. The molecule has 0 rings (SSSR count). The van der Waals surface area contributed by atoms with E-state index in [0.717, 1.165) is 0 Å². The molecular weight excluding hydrogens is 251 g/mol. The third-order valence-corrected chi connectivity index (χ3v) is 8.78. The van der Waals surface area contributed by atoms with Crippen LogP contribution in [0.25, 0.3) is 0 Å². The quantitative estimate of drug-likeness (QED) is 0.477. The maximum Gasteiger partial charge on any atom is 0.360 e. The van der Waals surface area contributed by atoms with Gasteiger partial charge in [0.05, 0.1) is 0 Å². The summed E-state index contributed by atoms with van der Waals surface area (Å²) in [6.07, 6.45) is 0.113. The van der Waals surface area contributed by atoms with Crippen molar-refractivity contribution in [2.24, 2.45) is 0 Å². The van der Waals surface area contributed by atoms with Crippen LogP contribution in [0, 0.1) is 0 Å². The molecule has 1 N–H and O–H groups in total. The van der Waals surface area contributed by atoms with E-state index in [2.05, 4.69) is 0 Å². The van der Waals surface area contributed by atoms with Gasteiger partial charge in [0.1, 0.15) is 4.87 Å². The first kappa shape index (κ1) is 12.0. The summed E-state index contributed by atoms with van der Waals surface area (Å²) < 4.78 is 29.7. The Kier molecular flexibility index (Phi) is 4.15. The summed E-state index contributed by atoms with van der Waals surface area (Å²) in [4.78, 5) is -1.22. The van der Waals surface area contributed by atoms with Gasteiger partial charge in [0, 0.05) is 0 Å². The molecule has 0 aliphatic carbocycles. The predicted molar refractivity (Wildman–Crippen MR) is 48.9 cm³/mol. The van der Waals surface area contributed by atoms with Gasteiger partial charge in [-0.2, -0.15) is 8.42 Å². The fraction of sp³-hybridized carbons (Fsp3) is 1.00. The molecule has 0 aliphatic heterocycles. The molecule has 0 radical (unpaired) electrons. The third kappa shape index (κ3) is 3.96. The van der Waals surface area contributed by atoms with Crippen molar-refractivity contribution in [3.8, 4) is 0 Å². The van der Waals surface area contributed by atoms with Crippen molar-refractivity contribution in [3.63, 3.8) is 0 Å². The van der Waals surface area contributed by atoms with Crippen LogP contribution in [0.3, 0.4) is 0 Å². The smallest absolute Gasteiger partial charge is 0.285 e. The summed E-state index contributed by atoms with van der Waals surface area (Å²) >= 11 is 16.2. The van der Waals surface area contributed by atoms with Gasteiger partial charge in [0.15, 0.2) is 0 Å². The normalized spacial score (nSPS) is 16.5. The highest BCUT2D eigenvalue weighted by atomic mass is 35.8. The maximum atomic E-state index is 10.5. The van der Waals surface area contributed by atoms with Crippen LogP contribution < -0.4 is 0 Å². The van der Waals surface area contributed by atoms with Crippen molar-refractivity contribution in [1.29, 1.82) is 0 Å². The number of rotatable bonds is 3. The summed E-state index contributed by atoms with van der Waals surface area (Å²) in [5, 5.41) is 0. The van der Waals surface area contributed by atoms with Gasteiger partial charge in [-0.1, -0.05) is 6.92 Å². The van der Waals surface area contributed by atoms with E-state index in [1.54, 1.807) is 0 Å².